The number of likely N-dealkylation sites (tertiary alicyclic amines) is 1. The summed E-state index contributed by atoms with van der Waals surface area (Å²) in [5.41, 5.74) is 7.34. The molecule has 2 rings (SSSR count). The molecule has 0 saturated carbocycles. The zero-order valence-corrected chi connectivity index (χ0v) is 10.7. The van der Waals surface area contributed by atoms with Crippen molar-refractivity contribution in [2.45, 2.75) is 18.9 Å². The smallest absolute Gasteiger partial charge is 0.248 e. The number of carbonyl (C=O) groups is 1. The lowest BCUT2D eigenvalue weighted by molar-refractivity contribution is -0.134. The fourth-order valence-electron chi connectivity index (χ4n) is 2.37. The average Bonchev–Trinajstić information content (AvgIpc) is 2.79. The van der Waals surface area contributed by atoms with Gasteiger partial charge in [-0.05, 0) is 12.5 Å². The van der Waals surface area contributed by atoms with Crippen LogP contribution < -0.4 is 5.73 Å². The number of hydrogen-bond acceptors (Lipinski definition) is 3. The fraction of sp³-hybridized carbons (Fsp3) is 0.500. The molecule has 0 aromatic heterocycles. The molecule has 98 valence electrons. The van der Waals surface area contributed by atoms with E-state index in [4.69, 9.17) is 10.5 Å². The van der Waals surface area contributed by atoms with Crippen LogP contribution in [0, 0.1) is 0 Å². The number of carbonyl (C=O) groups excluding carboxylic acids is 1. The summed E-state index contributed by atoms with van der Waals surface area (Å²) in [6, 6.07) is 10.2. The summed E-state index contributed by atoms with van der Waals surface area (Å²) >= 11 is 0. The van der Waals surface area contributed by atoms with Crippen molar-refractivity contribution >= 4 is 5.91 Å². The Morgan fingerprint density at radius 3 is 2.78 bits per heavy atom. The molecule has 4 heteroatoms. The number of hydrogen-bond donors (Lipinski definition) is 1. The van der Waals surface area contributed by atoms with Gasteiger partial charge in [0.25, 0.3) is 0 Å². The van der Waals surface area contributed by atoms with Gasteiger partial charge in [0, 0.05) is 31.7 Å². The van der Waals surface area contributed by atoms with Crippen LogP contribution in [-0.2, 0) is 9.53 Å². The van der Waals surface area contributed by atoms with Crippen LogP contribution in [0.1, 0.15) is 18.4 Å². The molecule has 1 aromatic rings. The molecule has 1 heterocycles. The summed E-state index contributed by atoms with van der Waals surface area (Å²) in [6.45, 7) is 3.91. The third kappa shape index (κ3) is 2.89. The lowest BCUT2D eigenvalue weighted by atomic mass is 9.95. The zero-order valence-electron chi connectivity index (χ0n) is 10.7. The van der Waals surface area contributed by atoms with Crippen LogP contribution in [0.5, 0.6) is 0 Å². The predicted molar refractivity (Wildman–Crippen MR) is 70.2 cm³/mol. The number of amides is 1. The number of nitrogens with zero attached hydrogens (tertiary/aromatic N) is 1. The first-order chi connectivity index (χ1) is 8.72. The van der Waals surface area contributed by atoms with Gasteiger partial charge >= 0.3 is 0 Å². The Hall–Kier alpha value is -1.39. The van der Waals surface area contributed by atoms with Crippen molar-refractivity contribution in [3.05, 3.63) is 35.9 Å². The quantitative estimate of drug-likeness (QED) is 0.864. The topological polar surface area (TPSA) is 55.6 Å². The van der Waals surface area contributed by atoms with Gasteiger partial charge in [-0.1, -0.05) is 30.3 Å². The molecule has 1 amide bonds. The highest BCUT2D eigenvalue weighted by Crippen LogP contribution is 2.26. The van der Waals surface area contributed by atoms with E-state index in [1.54, 1.807) is 4.90 Å². The van der Waals surface area contributed by atoms with Crippen LogP contribution in [0.3, 0.4) is 0 Å². The lowest BCUT2D eigenvalue weighted by Gasteiger charge is -2.16. The highest BCUT2D eigenvalue weighted by atomic mass is 16.5. The first-order valence-electron chi connectivity index (χ1n) is 6.38. The predicted octanol–water partition coefficient (Wildman–Crippen LogP) is 0.976. The molecule has 18 heavy (non-hydrogen) atoms. The maximum absolute atomic E-state index is 11.9. The second kappa shape index (κ2) is 5.98. The van der Waals surface area contributed by atoms with Crippen molar-refractivity contribution in [1.29, 1.82) is 0 Å². The highest BCUT2D eigenvalue weighted by Gasteiger charge is 2.33. The first kappa shape index (κ1) is 13.1. The van der Waals surface area contributed by atoms with Gasteiger partial charge < -0.3 is 15.4 Å². The van der Waals surface area contributed by atoms with Crippen molar-refractivity contribution < 1.29 is 9.53 Å². The molecule has 0 bridgehead atoms. The molecule has 1 saturated heterocycles. The van der Waals surface area contributed by atoms with Crippen LogP contribution in [0.25, 0.3) is 0 Å². The summed E-state index contributed by atoms with van der Waals surface area (Å²) in [7, 11) is 0. The molecule has 0 aliphatic carbocycles. The first-order valence-corrected chi connectivity index (χ1v) is 6.38. The van der Waals surface area contributed by atoms with E-state index >= 15 is 0 Å². The van der Waals surface area contributed by atoms with Crippen LogP contribution >= 0.6 is 0 Å². The van der Waals surface area contributed by atoms with E-state index in [0.717, 1.165) is 0 Å². The number of nitrogens with two attached hydrogens (primary N) is 1. The van der Waals surface area contributed by atoms with E-state index in [-0.39, 0.29) is 24.5 Å². The highest BCUT2D eigenvalue weighted by molar-refractivity contribution is 5.78. The Labute approximate surface area is 108 Å². The Morgan fingerprint density at radius 1 is 1.39 bits per heavy atom. The monoisotopic (exact) mass is 248 g/mol. The molecule has 1 aliphatic rings. The molecule has 1 fully saturated rings. The van der Waals surface area contributed by atoms with Gasteiger partial charge in [0.2, 0.25) is 5.91 Å². The second-order valence-electron chi connectivity index (χ2n) is 4.62. The zero-order chi connectivity index (χ0) is 13.0. The van der Waals surface area contributed by atoms with E-state index in [1.807, 2.05) is 25.1 Å². The van der Waals surface area contributed by atoms with E-state index in [1.165, 1.54) is 5.56 Å². The van der Waals surface area contributed by atoms with E-state index < -0.39 is 0 Å². The Morgan fingerprint density at radius 2 is 2.11 bits per heavy atom. The van der Waals surface area contributed by atoms with Gasteiger partial charge in [0.15, 0.2) is 0 Å². The fourth-order valence-corrected chi connectivity index (χ4v) is 2.37. The van der Waals surface area contributed by atoms with Crippen molar-refractivity contribution in [2.75, 3.05) is 26.3 Å². The molecular weight excluding hydrogens is 228 g/mol. The van der Waals surface area contributed by atoms with Crippen molar-refractivity contribution in [1.82, 2.24) is 4.90 Å². The van der Waals surface area contributed by atoms with Crippen molar-refractivity contribution in [2.24, 2.45) is 5.73 Å². The van der Waals surface area contributed by atoms with Crippen LogP contribution in [0.4, 0.5) is 0 Å². The van der Waals surface area contributed by atoms with Gasteiger partial charge in [-0.15, -0.1) is 0 Å². The van der Waals surface area contributed by atoms with Gasteiger partial charge in [0.05, 0.1) is 0 Å². The SMILES string of the molecule is CCOCC(=O)N1C[C@@H](N)[C@H](c2ccccc2)C1. The Balaban J connectivity index is 1.99. The number of benzene rings is 1. The molecule has 4 nitrogen and oxygen atoms in total. The molecule has 2 N–H and O–H groups in total. The summed E-state index contributed by atoms with van der Waals surface area (Å²) in [4.78, 5) is 13.7. The normalized spacial score (nSPS) is 23.3. The minimum atomic E-state index is 0.0120. The van der Waals surface area contributed by atoms with Crippen molar-refractivity contribution in [3.63, 3.8) is 0 Å². The summed E-state index contributed by atoms with van der Waals surface area (Å²) in [6.07, 6.45) is 0. The van der Waals surface area contributed by atoms with E-state index in [9.17, 15) is 4.79 Å². The van der Waals surface area contributed by atoms with Gasteiger partial charge in [-0.2, -0.15) is 0 Å². The maximum Gasteiger partial charge on any atom is 0.248 e. The molecule has 0 unspecified atom stereocenters. The molecule has 0 radical (unpaired) electrons. The number of ether oxygens (including phenoxy) is 1. The lowest BCUT2D eigenvalue weighted by Crippen LogP contribution is -2.34. The number of rotatable bonds is 4. The third-order valence-electron chi connectivity index (χ3n) is 3.38. The molecular formula is C14H20N2O2. The maximum atomic E-state index is 11.9. The second-order valence-corrected chi connectivity index (χ2v) is 4.62. The summed E-state index contributed by atoms with van der Waals surface area (Å²) in [5.74, 6) is 0.266. The van der Waals surface area contributed by atoms with Gasteiger partial charge in [-0.3, -0.25) is 4.79 Å². The van der Waals surface area contributed by atoms with Gasteiger partial charge in [0.1, 0.15) is 6.61 Å². The molecule has 2 atom stereocenters. The van der Waals surface area contributed by atoms with Gasteiger partial charge in [-0.25, -0.2) is 0 Å². The summed E-state index contributed by atoms with van der Waals surface area (Å²) in [5, 5.41) is 0. The third-order valence-corrected chi connectivity index (χ3v) is 3.38. The van der Waals surface area contributed by atoms with Crippen LogP contribution in [0.15, 0.2) is 30.3 Å². The minimum Gasteiger partial charge on any atom is -0.372 e. The van der Waals surface area contributed by atoms with Crippen LogP contribution in [0.2, 0.25) is 0 Å². The van der Waals surface area contributed by atoms with Crippen molar-refractivity contribution in [3.8, 4) is 0 Å². The molecule has 1 aliphatic heterocycles. The largest absolute Gasteiger partial charge is 0.372 e. The molecule has 0 spiro atoms. The Kier molecular flexibility index (Phi) is 4.33. The van der Waals surface area contributed by atoms with E-state index in [0.29, 0.717) is 19.7 Å². The van der Waals surface area contributed by atoms with E-state index in [2.05, 4.69) is 12.1 Å². The molecule has 1 aromatic carbocycles. The standard InChI is InChI=1S/C14H20N2O2/c1-2-18-10-14(17)16-8-12(13(15)9-16)11-6-4-3-5-7-11/h3-7,12-13H,2,8-10,15H2,1H3/t12-,13+/m0/s1. The average molecular weight is 248 g/mol. The Bertz CT molecular complexity index is 394. The van der Waals surface area contributed by atoms with Crippen LogP contribution in [-0.4, -0.2) is 43.2 Å². The summed E-state index contributed by atoms with van der Waals surface area (Å²) < 4.78 is 5.15. The minimum absolute atomic E-state index is 0.0120.